The molecule has 27 heavy (non-hydrogen) atoms. The molecule has 1 fully saturated rings. The molecule has 0 radical (unpaired) electrons. The van der Waals surface area contributed by atoms with Crippen molar-refractivity contribution in [2.24, 2.45) is 5.92 Å². The van der Waals surface area contributed by atoms with Crippen molar-refractivity contribution < 1.29 is 19.1 Å². The first-order chi connectivity index (χ1) is 13.0. The van der Waals surface area contributed by atoms with Crippen molar-refractivity contribution in [1.82, 2.24) is 5.32 Å². The van der Waals surface area contributed by atoms with Crippen molar-refractivity contribution in [3.8, 4) is 0 Å². The van der Waals surface area contributed by atoms with Gasteiger partial charge in [-0.05, 0) is 42.3 Å². The molecule has 2 aromatic carbocycles. The van der Waals surface area contributed by atoms with E-state index in [4.69, 9.17) is 0 Å². The minimum Gasteiger partial charge on any atom is -0.465 e. The van der Waals surface area contributed by atoms with Crippen LogP contribution in [0, 0.1) is 12.8 Å². The molecule has 2 aromatic rings. The predicted octanol–water partition coefficient (Wildman–Crippen LogP) is 2.45. The maximum atomic E-state index is 12.5. The molecule has 1 saturated heterocycles. The van der Waals surface area contributed by atoms with Gasteiger partial charge in [0.25, 0.3) is 0 Å². The molecular weight excluding hydrogens is 344 g/mol. The highest BCUT2D eigenvalue weighted by Crippen LogP contribution is 2.25. The number of ether oxygens (including phenoxy) is 1. The van der Waals surface area contributed by atoms with Gasteiger partial charge in [-0.25, -0.2) is 4.79 Å². The number of benzene rings is 2. The van der Waals surface area contributed by atoms with E-state index < -0.39 is 5.97 Å². The quantitative estimate of drug-likeness (QED) is 0.825. The lowest BCUT2D eigenvalue weighted by Crippen LogP contribution is -2.32. The fraction of sp³-hybridized carbons (Fsp3) is 0.286. The standard InChI is InChI=1S/C21H22N2O4/c1-14-5-3-4-6-16(14)12-22-20(25)17-11-19(24)23(13-17)18-9-7-15(8-10-18)21(26)27-2/h3-10,17H,11-13H2,1-2H3,(H,22,25). The molecule has 6 heteroatoms. The lowest BCUT2D eigenvalue weighted by atomic mass is 10.1. The van der Waals surface area contributed by atoms with Crippen molar-refractivity contribution >= 4 is 23.5 Å². The Labute approximate surface area is 158 Å². The highest BCUT2D eigenvalue weighted by atomic mass is 16.5. The summed E-state index contributed by atoms with van der Waals surface area (Å²) >= 11 is 0. The maximum Gasteiger partial charge on any atom is 0.337 e. The summed E-state index contributed by atoms with van der Waals surface area (Å²) in [6, 6.07) is 14.5. The molecule has 1 unspecified atom stereocenters. The van der Waals surface area contributed by atoms with Crippen LogP contribution in [0.15, 0.2) is 48.5 Å². The molecule has 1 aliphatic rings. The van der Waals surface area contributed by atoms with Crippen molar-refractivity contribution in [2.75, 3.05) is 18.6 Å². The topological polar surface area (TPSA) is 75.7 Å². The summed E-state index contributed by atoms with van der Waals surface area (Å²) in [5.74, 6) is -1.04. The average molecular weight is 366 g/mol. The number of hydrogen-bond acceptors (Lipinski definition) is 4. The van der Waals surface area contributed by atoms with E-state index in [0.717, 1.165) is 11.1 Å². The summed E-state index contributed by atoms with van der Waals surface area (Å²) in [6.07, 6.45) is 0.179. The predicted molar refractivity (Wildman–Crippen MR) is 101 cm³/mol. The number of anilines is 1. The Hall–Kier alpha value is -3.15. The Balaban J connectivity index is 1.62. The summed E-state index contributed by atoms with van der Waals surface area (Å²) < 4.78 is 4.67. The van der Waals surface area contributed by atoms with Gasteiger partial charge in [0.15, 0.2) is 0 Å². The SMILES string of the molecule is COC(=O)c1ccc(N2CC(C(=O)NCc3ccccc3C)CC2=O)cc1. The summed E-state index contributed by atoms with van der Waals surface area (Å²) in [5.41, 5.74) is 3.26. The lowest BCUT2D eigenvalue weighted by molar-refractivity contribution is -0.126. The minimum absolute atomic E-state index is 0.100. The van der Waals surface area contributed by atoms with Crippen LogP contribution in [0.5, 0.6) is 0 Å². The molecular formula is C21H22N2O4. The monoisotopic (exact) mass is 366 g/mol. The van der Waals surface area contributed by atoms with Gasteiger partial charge in [-0.15, -0.1) is 0 Å². The molecule has 3 rings (SSSR count). The van der Waals surface area contributed by atoms with Crippen molar-refractivity contribution in [3.05, 3.63) is 65.2 Å². The third-order valence-electron chi connectivity index (χ3n) is 4.81. The zero-order chi connectivity index (χ0) is 19.4. The molecule has 1 N–H and O–H groups in total. The number of aryl methyl sites for hydroxylation is 1. The molecule has 0 spiro atoms. The van der Waals surface area contributed by atoms with Crippen LogP contribution in [0.4, 0.5) is 5.69 Å². The maximum absolute atomic E-state index is 12.5. The smallest absolute Gasteiger partial charge is 0.337 e. The third-order valence-corrected chi connectivity index (χ3v) is 4.81. The van der Waals surface area contributed by atoms with Gasteiger partial charge in [-0.2, -0.15) is 0 Å². The Morgan fingerprint density at radius 1 is 1.15 bits per heavy atom. The number of hydrogen-bond donors (Lipinski definition) is 1. The molecule has 1 heterocycles. The van der Waals surface area contributed by atoms with Crippen LogP contribution < -0.4 is 10.2 Å². The van der Waals surface area contributed by atoms with E-state index in [-0.39, 0.29) is 24.2 Å². The second-order valence-electron chi connectivity index (χ2n) is 6.59. The molecule has 0 aliphatic carbocycles. The summed E-state index contributed by atoms with van der Waals surface area (Å²) in [7, 11) is 1.32. The number of nitrogens with zero attached hydrogens (tertiary/aromatic N) is 1. The molecule has 0 bridgehead atoms. The first-order valence-electron chi connectivity index (χ1n) is 8.80. The van der Waals surface area contributed by atoms with Gasteiger partial charge in [0, 0.05) is 25.2 Å². The Bertz CT molecular complexity index is 861. The third kappa shape index (κ3) is 4.16. The van der Waals surface area contributed by atoms with Crippen LogP contribution in [0.2, 0.25) is 0 Å². The normalized spacial score (nSPS) is 16.3. The van der Waals surface area contributed by atoms with Crippen LogP contribution in [-0.4, -0.2) is 31.4 Å². The summed E-state index contributed by atoms with van der Waals surface area (Å²) in [5, 5.41) is 2.93. The molecule has 1 aliphatic heterocycles. The first-order valence-corrected chi connectivity index (χ1v) is 8.80. The van der Waals surface area contributed by atoms with E-state index in [1.807, 2.05) is 31.2 Å². The van der Waals surface area contributed by atoms with Crippen LogP contribution in [0.3, 0.4) is 0 Å². The number of carbonyl (C=O) groups is 3. The van der Waals surface area contributed by atoms with Gasteiger partial charge >= 0.3 is 5.97 Å². The first kappa shape index (κ1) is 18.6. The Morgan fingerprint density at radius 3 is 2.52 bits per heavy atom. The van der Waals surface area contributed by atoms with Gasteiger partial charge in [0.05, 0.1) is 18.6 Å². The average Bonchev–Trinajstić information content (AvgIpc) is 3.08. The van der Waals surface area contributed by atoms with E-state index in [0.29, 0.717) is 24.3 Å². The van der Waals surface area contributed by atoms with E-state index in [1.165, 1.54) is 7.11 Å². The van der Waals surface area contributed by atoms with Gasteiger partial charge < -0.3 is 15.0 Å². The second kappa shape index (κ2) is 8.03. The zero-order valence-corrected chi connectivity index (χ0v) is 15.4. The minimum atomic E-state index is -0.428. The molecule has 140 valence electrons. The molecule has 0 aromatic heterocycles. The van der Waals surface area contributed by atoms with E-state index >= 15 is 0 Å². The summed E-state index contributed by atoms with van der Waals surface area (Å²) in [6.45, 7) is 2.78. The van der Waals surface area contributed by atoms with E-state index in [1.54, 1.807) is 29.2 Å². The molecule has 6 nitrogen and oxygen atoms in total. The lowest BCUT2D eigenvalue weighted by Gasteiger charge is -2.17. The fourth-order valence-corrected chi connectivity index (χ4v) is 3.16. The summed E-state index contributed by atoms with van der Waals surface area (Å²) in [4.78, 5) is 37.9. The number of carbonyl (C=O) groups excluding carboxylic acids is 3. The van der Waals surface area contributed by atoms with E-state index in [2.05, 4.69) is 10.1 Å². The molecule has 0 saturated carbocycles. The second-order valence-corrected chi connectivity index (χ2v) is 6.59. The van der Waals surface area contributed by atoms with Crippen molar-refractivity contribution in [3.63, 3.8) is 0 Å². The van der Waals surface area contributed by atoms with Crippen LogP contribution in [-0.2, 0) is 20.9 Å². The van der Waals surface area contributed by atoms with Gasteiger partial charge in [0.2, 0.25) is 11.8 Å². The van der Waals surface area contributed by atoms with Crippen LogP contribution in [0.25, 0.3) is 0 Å². The zero-order valence-electron chi connectivity index (χ0n) is 15.4. The van der Waals surface area contributed by atoms with E-state index in [9.17, 15) is 14.4 Å². The number of methoxy groups -OCH3 is 1. The fourth-order valence-electron chi connectivity index (χ4n) is 3.16. The van der Waals surface area contributed by atoms with Crippen molar-refractivity contribution in [2.45, 2.75) is 19.9 Å². The van der Waals surface area contributed by atoms with Gasteiger partial charge in [0.1, 0.15) is 0 Å². The number of nitrogens with one attached hydrogen (secondary N) is 1. The van der Waals surface area contributed by atoms with Gasteiger partial charge in [-0.3, -0.25) is 9.59 Å². The largest absolute Gasteiger partial charge is 0.465 e. The number of esters is 1. The number of rotatable bonds is 5. The van der Waals surface area contributed by atoms with Crippen molar-refractivity contribution in [1.29, 1.82) is 0 Å². The molecule has 2 amide bonds. The van der Waals surface area contributed by atoms with Crippen LogP contribution in [0.1, 0.15) is 27.9 Å². The Kier molecular flexibility index (Phi) is 5.54. The highest BCUT2D eigenvalue weighted by Gasteiger charge is 2.35. The highest BCUT2D eigenvalue weighted by molar-refractivity contribution is 6.00. The molecule has 1 atom stereocenters. The van der Waals surface area contributed by atoms with Gasteiger partial charge in [-0.1, -0.05) is 24.3 Å². The van der Waals surface area contributed by atoms with Crippen LogP contribution >= 0.6 is 0 Å². The number of amides is 2. The Morgan fingerprint density at radius 2 is 1.85 bits per heavy atom.